The van der Waals surface area contributed by atoms with Gasteiger partial charge in [-0.1, -0.05) is 68.4 Å². The molecule has 0 aromatic carbocycles. The normalized spacial score (nSPS) is 13.8. The summed E-state index contributed by atoms with van der Waals surface area (Å²) in [5.41, 5.74) is 0. The zero-order valence-corrected chi connectivity index (χ0v) is 14.3. The number of aliphatic carboxylic acids is 1. The molecule has 0 fully saturated rings. The Balaban J connectivity index is 3.60. The first-order chi connectivity index (χ1) is 11.2. The molecule has 0 radical (unpaired) electrons. The van der Waals surface area contributed by atoms with Gasteiger partial charge in [-0.3, -0.25) is 0 Å². The third-order valence-electron chi connectivity index (χ3n) is 3.27. The topological polar surface area (TPSA) is 60.4 Å². The van der Waals surface area contributed by atoms with Gasteiger partial charge in [0.25, 0.3) is 0 Å². The fraction of sp³-hybridized carbons (Fsp3) is 0.550. The van der Waals surface area contributed by atoms with Crippen LogP contribution in [-0.2, 0) is 4.79 Å². The van der Waals surface area contributed by atoms with Crippen molar-refractivity contribution in [3.63, 3.8) is 0 Å². The van der Waals surface area contributed by atoms with Crippen molar-refractivity contribution in [2.24, 2.45) is 0 Å². The van der Waals surface area contributed by atoms with Crippen LogP contribution in [0.1, 0.15) is 64.7 Å². The molecule has 0 bridgehead atoms. The van der Waals surface area contributed by atoms with E-state index in [1.165, 1.54) is 19.3 Å². The summed E-state index contributed by atoms with van der Waals surface area (Å²) in [4.78, 5) is 10.2. The van der Waals surface area contributed by atoms with Gasteiger partial charge in [-0.05, 0) is 44.9 Å². The van der Waals surface area contributed by atoms with Crippen LogP contribution in [0.5, 0.6) is 0 Å². The minimum absolute atomic E-state index is 0.125. The zero-order valence-electron chi connectivity index (χ0n) is 14.3. The second-order valence-corrected chi connectivity index (χ2v) is 5.52. The molecule has 0 saturated heterocycles. The molecule has 1 N–H and O–H groups in total. The zero-order chi connectivity index (χ0) is 17.2. The first-order valence-electron chi connectivity index (χ1n) is 8.68. The Bertz CT molecular complexity index is 392. The number of allylic oxidation sites excluding steroid dienone is 6. The van der Waals surface area contributed by atoms with Gasteiger partial charge in [0.05, 0.1) is 6.10 Å². The third kappa shape index (κ3) is 18.3. The number of rotatable bonds is 14. The highest BCUT2D eigenvalue weighted by Crippen LogP contribution is 2.01. The van der Waals surface area contributed by atoms with E-state index in [1.54, 1.807) is 6.08 Å². The van der Waals surface area contributed by atoms with Crippen LogP contribution in [0.2, 0.25) is 0 Å². The minimum Gasteiger partial charge on any atom is -0.550 e. The first kappa shape index (κ1) is 21.4. The van der Waals surface area contributed by atoms with Crippen molar-refractivity contribution in [2.45, 2.75) is 70.8 Å². The predicted molar refractivity (Wildman–Crippen MR) is 94.8 cm³/mol. The number of carbonyl (C=O) groups is 1. The van der Waals surface area contributed by atoms with Crippen molar-refractivity contribution in [1.29, 1.82) is 0 Å². The van der Waals surface area contributed by atoms with Gasteiger partial charge in [0.2, 0.25) is 0 Å². The fourth-order valence-corrected chi connectivity index (χ4v) is 1.96. The van der Waals surface area contributed by atoms with Crippen molar-refractivity contribution in [3.05, 3.63) is 48.6 Å². The number of carboxylic acids is 1. The number of carbonyl (C=O) groups excluding carboxylic acids is 1. The van der Waals surface area contributed by atoms with E-state index in [1.807, 2.05) is 30.4 Å². The summed E-state index contributed by atoms with van der Waals surface area (Å²) in [5.74, 6) is -0.983. The summed E-state index contributed by atoms with van der Waals surface area (Å²) >= 11 is 0. The Kier molecular flexibility index (Phi) is 15.6. The van der Waals surface area contributed by atoms with Crippen molar-refractivity contribution >= 4 is 5.97 Å². The highest BCUT2D eigenvalue weighted by atomic mass is 16.4. The fourth-order valence-electron chi connectivity index (χ4n) is 1.96. The molecule has 0 rings (SSSR count). The van der Waals surface area contributed by atoms with E-state index in [9.17, 15) is 15.0 Å². The summed E-state index contributed by atoms with van der Waals surface area (Å²) < 4.78 is 0. The van der Waals surface area contributed by atoms with Crippen molar-refractivity contribution in [3.8, 4) is 0 Å². The lowest BCUT2D eigenvalue weighted by Crippen LogP contribution is -2.21. The van der Waals surface area contributed by atoms with E-state index in [2.05, 4.69) is 19.1 Å². The van der Waals surface area contributed by atoms with Gasteiger partial charge >= 0.3 is 0 Å². The molecule has 1 unspecified atom stereocenters. The van der Waals surface area contributed by atoms with E-state index >= 15 is 0 Å². The van der Waals surface area contributed by atoms with Crippen LogP contribution in [0, 0.1) is 0 Å². The Morgan fingerprint density at radius 3 is 2.22 bits per heavy atom. The van der Waals surface area contributed by atoms with E-state index in [0.717, 1.165) is 25.7 Å². The molecule has 0 aromatic heterocycles. The Labute approximate surface area is 141 Å². The monoisotopic (exact) mass is 319 g/mol. The number of hydrogen-bond acceptors (Lipinski definition) is 3. The molecular weight excluding hydrogens is 288 g/mol. The smallest absolute Gasteiger partial charge is 0.0902 e. The van der Waals surface area contributed by atoms with Crippen LogP contribution in [-0.4, -0.2) is 17.2 Å². The number of aliphatic hydroxyl groups excluding tert-OH is 1. The molecule has 130 valence electrons. The molecule has 3 heteroatoms. The van der Waals surface area contributed by atoms with E-state index < -0.39 is 12.1 Å². The quantitative estimate of drug-likeness (QED) is 0.391. The summed E-state index contributed by atoms with van der Waals surface area (Å²) in [6, 6.07) is 0. The largest absolute Gasteiger partial charge is 0.550 e. The molecule has 0 spiro atoms. The molecule has 0 amide bonds. The lowest BCUT2D eigenvalue weighted by molar-refractivity contribution is -0.305. The molecule has 0 aromatic rings. The third-order valence-corrected chi connectivity index (χ3v) is 3.27. The van der Waals surface area contributed by atoms with E-state index in [-0.39, 0.29) is 6.42 Å². The van der Waals surface area contributed by atoms with Crippen LogP contribution < -0.4 is 5.11 Å². The second kappa shape index (κ2) is 16.8. The number of aliphatic hydroxyl groups is 1. The molecule has 0 aliphatic heterocycles. The molecular formula is C20H31O3-. The number of carboxylic acid groups (broad SMARTS) is 1. The average Bonchev–Trinajstić information content (AvgIpc) is 2.52. The SMILES string of the molecule is CCCCC/C=C\C(O)/C=C\C/C=C\C/C=C\CCCC(=O)[O-]. The molecule has 0 aliphatic rings. The minimum atomic E-state index is -0.983. The molecule has 0 aliphatic carbocycles. The molecule has 1 atom stereocenters. The lowest BCUT2D eigenvalue weighted by atomic mass is 10.2. The van der Waals surface area contributed by atoms with Gasteiger partial charge < -0.3 is 15.0 Å². The van der Waals surface area contributed by atoms with Gasteiger partial charge in [0.15, 0.2) is 0 Å². The van der Waals surface area contributed by atoms with Crippen LogP contribution in [0.4, 0.5) is 0 Å². The maximum Gasteiger partial charge on any atom is 0.0902 e. The average molecular weight is 319 g/mol. The van der Waals surface area contributed by atoms with Crippen LogP contribution >= 0.6 is 0 Å². The lowest BCUT2D eigenvalue weighted by Gasteiger charge is -1.97. The van der Waals surface area contributed by atoms with Crippen molar-refractivity contribution in [1.82, 2.24) is 0 Å². The standard InChI is InChI=1S/C20H32O3/c1-2-3-4-10-13-16-19(21)17-14-11-8-6-5-7-9-12-15-18-20(22)23/h6-9,13-14,16-17,19,21H,2-5,10-12,15,18H2,1H3,(H,22,23)/p-1/b8-6-,9-7-,16-13-,17-14-. The highest BCUT2D eigenvalue weighted by Gasteiger charge is 1.90. The molecule has 23 heavy (non-hydrogen) atoms. The second-order valence-electron chi connectivity index (χ2n) is 5.52. The summed E-state index contributed by atoms with van der Waals surface area (Å²) in [6.07, 6.45) is 23.2. The van der Waals surface area contributed by atoms with Crippen LogP contribution in [0.3, 0.4) is 0 Å². The van der Waals surface area contributed by atoms with Crippen LogP contribution in [0.25, 0.3) is 0 Å². The molecule has 0 heterocycles. The van der Waals surface area contributed by atoms with Gasteiger partial charge in [-0.25, -0.2) is 0 Å². The van der Waals surface area contributed by atoms with Crippen LogP contribution in [0.15, 0.2) is 48.6 Å². The Morgan fingerprint density at radius 2 is 1.52 bits per heavy atom. The maximum absolute atomic E-state index is 10.2. The van der Waals surface area contributed by atoms with E-state index in [4.69, 9.17) is 0 Å². The molecule has 3 nitrogen and oxygen atoms in total. The summed E-state index contributed by atoms with van der Waals surface area (Å²) in [7, 11) is 0. The maximum atomic E-state index is 10.2. The Hall–Kier alpha value is -1.61. The Morgan fingerprint density at radius 1 is 0.913 bits per heavy atom. The summed E-state index contributed by atoms with van der Waals surface area (Å²) in [6.45, 7) is 2.18. The van der Waals surface area contributed by atoms with Gasteiger partial charge in [-0.15, -0.1) is 0 Å². The van der Waals surface area contributed by atoms with Gasteiger partial charge in [-0.2, -0.15) is 0 Å². The first-order valence-corrected chi connectivity index (χ1v) is 8.68. The summed E-state index contributed by atoms with van der Waals surface area (Å²) in [5, 5.41) is 19.9. The number of unbranched alkanes of at least 4 members (excludes halogenated alkanes) is 4. The van der Waals surface area contributed by atoms with Crippen molar-refractivity contribution in [2.75, 3.05) is 0 Å². The number of hydrogen-bond donors (Lipinski definition) is 1. The van der Waals surface area contributed by atoms with Gasteiger partial charge in [0, 0.05) is 5.97 Å². The van der Waals surface area contributed by atoms with Crippen molar-refractivity contribution < 1.29 is 15.0 Å². The molecule has 0 saturated carbocycles. The van der Waals surface area contributed by atoms with E-state index in [0.29, 0.717) is 6.42 Å². The predicted octanol–water partition coefficient (Wildman–Crippen LogP) is 3.85. The highest BCUT2D eigenvalue weighted by molar-refractivity contribution is 5.64. The van der Waals surface area contributed by atoms with Gasteiger partial charge in [0.1, 0.15) is 0 Å².